The molecule has 0 fully saturated rings. The Bertz CT molecular complexity index is 2280. The lowest BCUT2D eigenvalue weighted by Crippen LogP contribution is -2.54. The average molecular weight is 816 g/mol. The molecule has 5 aromatic rings. The molecule has 9 N–H and O–H groups in total. The number of hydrogen-bond donors (Lipinski definition) is 6. The van der Waals surface area contributed by atoms with E-state index in [1.54, 1.807) is 6.08 Å². The summed E-state index contributed by atoms with van der Waals surface area (Å²) < 4.78 is 17.8. The topological polar surface area (TPSA) is 222 Å². The van der Waals surface area contributed by atoms with Gasteiger partial charge in [-0.15, -0.1) is 0 Å². The molecule has 3 amide bonds. The molecule has 0 aliphatic heterocycles. The molecule has 5 aromatic carbocycles. The highest BCUT2D eigenvalue weighted by atomic mass is 16.5. The lowest BCUT2D eigenvalue weighted by Gasteiger charge is -2.23. The van der Waals surface area contributed by atoms with Gasteiger partial charge in [0.25, 0.3) is 5.91 Å². The first-order valence-corrected chi connectivity index (χ1v) is 19.9. The fourth-order valence-corrected chi connectivity index (χ4v) is 6.67. The summed E-state index contributed by atoms with van der Waals surface area (Å²) in [6.45, 7) is 3.88. The number of nitrogens with one attached hydrogen (secondary N) is 3. The number of guanidine groups is 1. The van der Waals surface area contributed by atoms with Gasteiger partial charge in [0.1, 0.15) is 43.3 Å². The molecule has 0 saturated carbocycles. The Morgan fingerprint density at radius 2 is 1.30 bits per heavy atom. The van der Waals surface area contributed by atoms with Crippen LogP contribution in [-0.2, 0) is 30.5 Å². The van der Waals surface area contributed by atoms with Crippen LogP contribution in [0.15, 0.2) is 121 Å². The Labute approximate surface area is 349 Å². The van der Waals surface area contributed by atoms with E-state index in [9.17, 15) is 19.2 Å². The number of rotatable bonds is 23. The Morgan fingerprint density at radius 3 is 1.93 bits per heavy atom. The number of carbonyl (C=O) groups excluding carboxylic acids is 4. The molecule has 314 valence electrons. The van der Waals surface area contributed by atoms with Gasteiger partial charge >= 0.3 is 5.97 Å². The van der Waals surface area contributed by atoms with Gasteiger partial charge in [-0.25, -0.2) is 0 Å². The maximum Gasteiger partial charge on any atom is 0.325 e. The van der Waals surface area contributed by atoms with Crippen molar-refractivity contribution < 1.29 is 33.4 Å². The van der Waals surface area contributed by atoms with Crippen molar-refractivity contribution in [1.29, 1.82) is 0 Å². The predicted octanol–water partition coefficient (Wildman–Crippen LogP) is 4.62. The Kier molecular flexibility index (Phi) is 16.8. The van der Waals surface area contributed by atoms with Crippen molar-refractivity contribution >= 4 is 51.2 Å². The van der Waals surface area contributed by atoms with Gasteiger partial charge in [0.15, 0.2) is 12.6 Å². The molecule has 14 heteroatoms. The van der Waals surface area contributed by atoms with E-state index in [0.717, 1.165) is 38.2 Å². The van der Waals surface area contributed by atoms with Crippen molar-refractivity contribution in [3.63, 3.8) is 0 Å². The highest BCUT2D eigenvalue weighted by Gasteiger charge is 2.27. The minimum atomic E-state index is -1.09. The van der Waals surface area contributed by atoms with Crippen LogP contribution >= 0.6 is 0 Å². The minimum absolute atomic E-state index is 0.0403. The van der Waals surface area contributed by atoms with Gasteiger partial charge in [-0.2, -0.15) is 0 Å². The average Bonchev–Trinajstić information content (AvgIpc) is 3.26. The maximum atomic E-state index is 13.9. The summed E-state index contributed by atoms with van der Waals surface area (Å²) in [4.78, 5) is 57.4. The van der Waals surface area contributed by atoms with Crippen LogP contribution in [-0.4, -0.2) is 74.6 Å². The first-order valence-electron chi connectivity index (χ1n) is 19.9. The fraction of sp³-hybridized carbons (Fsp3) is 0.283. The third kappa shape index (κ3) is 12.8. The molecule has 60 heavy (non-hydrogen) atoms. The molecule has 0 aliphatic rings. The van der Waals surface area contributed by atoms with Crippen LogP contribution in [0.3, 0.4) is 0 Å². The van der Waals surface area contributed by atoms with Crippen LogP contribution in [0.25, 0.3) is 32.7 Å². The zero-order valence-electron chi connectivity index (χ0n) is 33.6. The molecule has 0 aromatic heterocycles. The SMILES string of the molecule is C=CCOc1ccc2ccccc2c1-c1c(OCC(=O)N[C@H](CCCCN)C(=O)N[C@H](CCCN=C(N)N)C(=O)NCC(=O)OCc2ccccc2)ccc2ccccc12. The summed E-state index contributed by atoms with van der Waals surface area (Å²) in [6, 6.07) is 30.5. The second kappa shape index (κ2) is 22.9. The van der Waals surface area contributed by atoms with E-state index in [-0.39, 0.29) is 38.6 Å². The molecule has 0 radical (unpaired) electrons. The molecule has 0 bridgehead atoms. The van der Waals surface area contributed by atoms with Crippen LogP contribution in [0, 0.1) is 0 Å². The van der Waals surface area contributed by atoms with Crippen molar-refractivity contribution in [2.24, 2.45) is 22.2 Å². The van der Waals surface area contributed by atoms with Crippen LogP contribution < -0.4 is 42.6 Å². The van der Waals surface area contributed by atoms with E-state index in [1.165, 1.54) is 0 Å². The zero-order chi connectivity index (χ0) is 42.7. The number of amides is 3. The summed E-state index contributed by atoms with van der Waals surface area (Å²) in [5, 5.41) is 11.9. The highest BCUT2D eigenvalue weighted by molar-refractivity contribution is 6.10. The van der Waals surface area contributed by atoms with E-state index in [0.29, 0.717) is 37.3 Å². The van der Waals surface area contributed by atoms with Gasteiger partial charge in [-0.3, -0.25) is 24.2 Å². The number of nitrogens with two attached hydrogens (primary N) is 3. The monoisotopic (exact) mass is 815 g/mol. The van der Waals surface area contributed by atoms with Crippen molar-refractivity contribution in [1.82, 2.24) is 16.0 Å². The molecule has 0 saturated heterocycles. The van der Waals surface area contributed by atoms with E-state index in [4.69, 9.17) is 31.4 Å². The van der Waals surface area contributed by atoms with Gasteiger partial charge in [0, 0.05) is 17.7 Å². The van der Waals surface area contributed by atoms with E-state index in [2.05, 4.69) is 27.5 Å². The smallest absolute Gasteiger partial charge is 0.325 e. The third-order valence-corrected chi connectivity index (χ3v) is 9.57. The molecule has 5 rings (SSSR count). The first kappa shape index (κ1) is 44.2. The van der Waals surface area contributed by atoms with E-state index < -0.39 is 48.9 Å². The van der Waals surface area contributed by atoms with Crippen LogP contribution in [0.2, 0.25) is 0 Å². The third-order valence-electron chi connectivity index (χ3n) is 9.57. The van der Waals surface area contributed by atoms with E-state index >= 15 is 0 Å². The lowest BCUT2D eigenvalue weighted by atomic mass is 9.92. The number of hydrogen-bond acceptors (Lipinski definition) is 9. The van der Waals surface area contributed by atoms with Crippen molar-refractivity contribution in [3.8, 4) is 22.6 Å². The molecule has 0 aliphatic carbocycles. The first-order chi connectivity index (χ1) is 29.2. The minimum Gasteiger partial charge on any atom is -0.489 e. The Hall–Kier alpha value is -6.93. The number of aliphatic imine (C=N–C) groups is 1. The molecule has 0 heterocycles. The number of esters is 1. The molecular formula is C46H53N7O7. The van der Waals surface area contributed by atoms with Crippen LogP contribution in [0.5, 0.6) is 11.5 Å². The van der Waals surface area contributed by atoms with Gasteiger partial charge in [0.05, 0.1) is 0 Å². The van der Waals surface area contributed by atoms with Gasteiger partial charge in [-0.1, -0.05) is 104 Å². The lowest BCUT2D eigenvalue weighted by molar-refractivity contribution is -0.145. The second-order valence-corrected chi connectivity index (χ2v) is 14.0. The Morgan fingerprint density at radius 1 is 0.700 bits per heavy atom. The second-order valence-electron chi connectivity index (χ2n) is 14.0. The molecule has 2 atom stereocenters. The Balaban J connectivity index is 1.33. The number of ether oxygens (including phenoxy) is 3. The summed E-state index contributed by atoms with van der Waals surface area (Å²) in [5.74, 6) is -1.47. The number of benzene rings is 5. The summed E-state index contributed by atoms with van der Waals surface area (Å²) >= 11 is 0. The number of nitrogens with zero attached hydrogens (tertiary/aromatic N) is 1. The largest absolute Gasteiger partial charge is 0.489 e. The van der Waals surface area contributed by atoms with Gasteiger partial charge < -0.3 is 47.4 Å². The highest BCUT2D eigenvalue weighted by Crippen LogP contribution is 2.45. The maximum absolute atomic E-state index is 13.9. The fourth-order valence-electron chi connectivity index (χ4n) is 6.67. The van der Waals surface area contributed by atoms with E-state index in [1.807, 2.05) is 103 Å². The van der Waals surface area contributed by atoms with Crippen LogP contribution in [0.1, 0.15) is 37.7 Å². The number of unbranched alkanes of at least 4 members (excludes halogenated alkanes) is 1. The zero-order valence-corrected chi connectivity index (χ0v) is 33.6. The number of carbonyl (C=O) groups is 4. The van der Waals surface area contributed by atoms with Crippen molar-refractivity contribution in [2.75, 3.05) is 32.8 Å². The summed E-state index contributed by atoms with van der Waals surface area (Å²) in [7, 11) is 0. The predicted molar refractivity (Wildman–Crippen MR) is 234 cm³/mol. The number of fused-ring (bicyclic) bond motifs is 2. The quantitative estimate of drug-likeness (QED) is 0.0177. The van der Waals surface area contributed by atoms with Gasteiger partial charge in [0.2, 0.25) is 11.8 Å². The standard InChI is InChI=1S/C46H53N7O7/c1-2-27-58-38-23-21-32-15-6-8-17-34(32)42(38)43-35-18-9-7-16-33(35)22-24-39(43)59-30-40(54)52-37(19-10-11-25-47)45(57)53-36(20-12-26-50-46(48)49)44(56)51-28-41(55)60-29-31-13-4-3-5-14-31/h2-9,13-18,21-24,36-37H,1,10-12,19-20,25-30,47H2,(H,51,56)(H,52,54)(H,53,57)(H4,48,49,50)/t36-,37-/m1/s1. The molecule has 14 nitrogen and oxygen atoms in total. The normalized spacial score (nSPS) is 11.8. The summed E-state index contributed by atoms with van der Waals surface area (Å²) in [5.41, 5.74) is 19.0. The van der Waals surface area contributed by atoms with Crippen molar-refractivity contribution in [2.45, 2.75) is 50.8 Å². The van der Waals surface area contributed by atoms with Crippen molar-refractivity contribution in [3.05, 3.63) is 121 Å². The molecular weight excluding hydrogens is 763 g/mol. The molecule has 0 unspecified atom stereocenters. The van der Waals surface area contributed by atoms with Gasteiger partial charge in [-0.05, 0) is 77.9 Å². The van der Waals surface area contributed by atoms with Crippen LogP contribution in [0.4, 0.5) is 0 Å². The summed E-state index contributed by atoms with van der Waals surface area (Å²) in [6.07, 6.45) is 3.51. The molecule has 0 spiro atoms.